The van der Waals surface area contributed by atoms with Gasteiger partial charge in [-0.3, -0.25) is 0 Å². The number of pyridine rings is 2. The summed E-state index contributed by atoms with van der Waals surface area (Å²) in [6.07, 6.45) is 3.27. The summed E-state index contributed by atoms with van der Waals surface area (Å²) in [5, 5.41) is 0.490. The largest absolute Gasteiger partial charge is 0.491 e. The van der Waals surface area contributed by atoms with Gasteiger partial charge in [0.05, 0.1) is 12.1 Å². The third-order valence-electron chi connectivity index (χ3n) is 2.41. The number of rotatable bonds is 3. The molecule has 102 valence electrons. The molecule has 0 N–H and O–H groups in total. The van der Waals surface area contributed by atoms with Crippen LogP contribution in [-0.4, -0.2) is 23.7 Å². The Kier molecular flexibility index (Phi) is 4.80. The number of methoxy groups -OCH3 is 1. The van der Waals surface area contributed by atoms with Gasteiger partial charge < -0.3 is 9.47 Å². The summed E-state index contributed by atoms with van der Waals surface area (Å²) in [6, 6.07) is 5.46. The van der Waals surface area contributed by atoms with Gasteiger partial charge in [-0.2, -0.15) is 0 Å². The van der Waals surface area contributed by atoms with Crippen molar-refractivity contribution in [2.75, 3.05) is 13.7 Å². The van der Waals surface area contributed by atoms with Gasteiger partial charge in [-0.05, 0) is 24.5 Å². The minimum atomic E-state index is 0.195. The van der Waals surface area contributed by atoms with Crippen LogP contribution in [0.5, 0.6) is 11.6 Å². The van der Waals surface area contributed by atoms with Crippen LogP contribution in [0.1, 0.15) is 11.3 Å². The first-order valence-electron chi connectivity index (χ1n) is 5.93. The lowest BCUT2D eigenvalue weighted by atomic mass is 10.3. The summed E-state index contributed by atoms with van der Waals surface area (Å²) in [6.45, 7) is 2.17. The Balaban J connectivity index is 1.98. The fourth-order valence-corrected chi connectivity index (χ4v) is 1.58. The molecule has 5 heteroatoms. The second kappa shape index (κ2) is 6.78. The van der Waals surface area contributed by atoms with E-state index in [9.17, 15) is 0 Å². The van der Waals surface area contributed by atoms with E-state index in [0.29, 0.717) is 22.3 Å². The first-order valence-corrected chi connectivity index (χ1v) is 6.30. The van der Waals surface area contributed by atoms with E-state index >= 15 is 0 Å². The van der Waals surface area contributed by atoms with E-state index in [1.54, 1.807) is 12.3 Å². The van der Waals surface area contributed by atoms with Gasteiger partial charge in [0, 0.05) is 18.5 Å². The number of aryl methyl sites for hydroxylation is 1. The predicted octanol–water partition coefficient (Wildman–Crippen LogP) is 2.88. The first kappa shape index (κ1) is 14.2. The molecule has 0 radical (unpaired) electrons. The molecule has 0 aliphatic carbocycles. The van der Waals surface area contributed by atoms with E-state index in [-0.39, 0.29) is 6.61 Å². The zero-order chi connectivity index (χ0) is 14.4. The van der Waals surface area contributed by atoms with Crippen LogP contribution in [0.25, 0.3) is 0 Å². The number of hydrogen-bond donors (Lipinski definition) is 0. The van der Waals surface area contributed by atoms with E-state index in [2.05, 4.69) is 21.8 Å². The Labute approximate surface area is 122 Å². The second-order valence-corrected chi connectivity index (χ2v) is 4.41. The summed E-state index contributed by atoms with van der Waals surface area (Å²) in [5.74, 6) is 6.63. The summed E-state index contributed by atoms with van der Waals surface area (Å²) >= 11 is 5.82. The van der Waals surface area contributed by atoms with Gasteiger partial charge in [-0.25, -0.2) is 9.97 Å². The highest BCUT2D eigenvalue weighted by atomic mass is 35.5. The van der Waals surface area contributed by atoms with Crippen LogP contribution in [0.4, 0.5) is 0 Å². The van der Waals surface area contributed by atoms with E-state index in [4.69, 9.17) is 21.1 Å². The minimum Gasteiger partial charge on any atom is -0.491 e. The Bertz CT molecular complexity index is 645. The molecule has 2 aromatic heterocycles. The van der Waals surface area contributed by atoms with Crippen LogP contribution in [0.2, 0.25) is 5.02 Å². The SMILES string of the molecule is COc1cc(Cl)cnc1OCC#Cc1ccc(C)cn1. The molecule has 2 heterocycles. The Hall–Kier alpha value is -2.25. The molecule has 0 saturated heterocycles. The van der Waals surface area contributed by atoms with E-state index in [0.717, 1.165) is 5.56 Å². The maximum atomic E-state index is 5.82. The molecular formula is C15H13ClN2O2. The van der Waals surface area contributed by atoms with Gasteiger partial charge in [0.15, 0.2) is 12.4 Å². The predicted molar refractivity (Wildman–Crippen MR) is 77.1 cm³/mol. The molecule has 4 nitrogen and oxygen atoms in total. The summed E-state index contributed by atoms with van der Waals surface area (Å²) in [7, 11) is 1.53. The number of nitrogens with zero attached hydrogens (tertiary/aromatic N) is 2. The van der Waals surface area contributed by atoms with Gasteiger partial charge in [0.2, 0.25) is 0 Å². The van der Waals surface area contributed by atoms with Crippen molar-refractivity contribution in [3.05, 3.63) is 46.9 Å². The quantitative estimate of drug-likeness (QED) is 0.815. The van der Waals surface area contributed by atoms with Crippen molar-refractivity contribution < 1.29 is 9.47 Å². The molecule has 0 aliphatic rings. The normalized spacial score (nSPS) is 9.55. The third kappa shape index (κ3) is 3.87. The summed E-state index contributed by atoms with van der Waals surface area (Å²) < 4.78 is 10.6. The monoisotopic (exact) mass is 288 g/mol. The third-order valence-corrected chi connectivity index (χ3v) is 2.62. The highest BCUT2D eigenvalue weighted by Gasteiger charge is 2.05. The average Bonchev–Trinajstić information content (AvgIpc) is 2.46. The molecule has 0 atom stereocenters. The minimum absolute atomic E-state index is 0.195. The molecule has 0 saturated carbocycles. The molecule has 0 bridgehead atoms. The van der Waals surface area contributed by atoms with Crippen molar-refractivity contribution in [1.29, 1.82) is 0 Å². The Morgan fingerprint density at radius 3 is 2.80 bits per heavy atom. The highest BCUT2D eigenvalue weighted by molar-refractivity contribution is 6.30. The zero-order valence-electron chi connectivity index (χ0n) is 11.2. The number of hydrogen-bond acceptors (Lipinski definition) is 4. The molecule has 0 unspecified atom stereocenters. The Morgan fingerprint density at radius 2 is 2.10 bits per heavy atom. The zero-order valence-corrected chi connectivity index (χ0v) is 11.9. The smallest absolute Gasteiger partial charge is 0.258 e. The molecule has 0 amide bonds. The number of aromatic nitrogens is 2. The van der Waals surface area contributed by atoms with Gasteiger partial charge in [0.25, 0.3) is 5.88 Å². The van der Waals surface area contributed by atoms with Crippen LogP contribution >= 0.6 is 11.6 Å². The van der Waals surface area contributed by atoms with Crippen molar-refractivity contribution >= 4 is 11.6 Å². The van der Waals surface area contributed by atoms with Crippen molar-refractivity contribution in [1.82, 2.24) is 9.97 Å². The van der Waals surface area contributed by atoms with Crippen molar-refractivity contribution in [2.45, 2.75) is 6.92 Å². The number of halogens is 1. The van der Waals surface area contributed by atoms with E-state index < -0.39 is 0 Å². The van der Waals surface area contributed by atoms with E-state index in [1.165, 1.54) is 13.3 Å². The van der Waals surface area contributed by atoms with Crippen LogP contribution in [0.15, 0.2) is 30.6 Å². The average molecular weight is 289 g/mol. The lowest BCUT2D eigenvalue weighted by molar-refractivity contribution is 0.318. The lowest BCUT2D eigenvalue weighted by Crippen LogP contribution is -1.99. The van der Waals surface area contributed by atoms with Crippen LogP contribution in [-0.2, 0) is 0 Å². The van der Waals surface area contributed by atoms with E-state index in [1.807, 2.05) is 19.1 Å². The fourth-order valence-electron chi connectivity index (χ4n) is 1.44. The maximum Gasteiger partial charge on any atom is 0.258 e. The summed E-state index contributed by atoms with van der Waals surface area (Å²) in [4.78, 5) is 8.22. The molecule has 0 aliphatic heterocycles. The maximum absolute atomic E-state index is 5.82. The Morgan fingerprint density at radius 1 is 1.25 bits per heavy atom. The van der Waals surface area contributed by atoms with Gasteiger partial charge in [0.1, 0.15) is 5.69 Å². The molecule has 2 aromatic rings. The molecule has 2 rings (SSSR count). The van der Waals surface area contributed by atoms with Crippen LogP contribution in [0, 0.1) is 18.8 Å². The van der Waals surface area contributed by atoms with Crippen molar-refractivity contribution in [3.8, 4) is 23.5 Å². The molecular weight excluding hydrogens is 276 g/mol. The van der Waals surface area contributed by atoms with Crippen LogP contribution in [0.3, 0.4) is 0 Å². The first-order chi connectivity index (χ1) is 9.69. The van der Waals surface area contributed by atoms with Crippen LogP contribution < -0.4 is 9.47 Å². The molecule has 0 spiro atoms. The number of ether oxygens (including phenoxy) is 2. The van der Waals surface area contributed by atoms with Gasteiger partial charge in [-0.1, -0.05) is 23.6 Å². The molecule has 0 aromatic carbocycles. The molecule has 20 heavy (non-hydrogen) atoms. The lowest BCUT2D eigenvalue weighted by Gasteiger charge is -2.06. The standard InChI is InChI=1S/C15H13ClN2O2/c1-11-5-6-13(17-9-11)4-3-7-20-15-14(19-2)8-12(16)10-18-15/h5-6,8-10H,7H2,1-2H3. The second-order valence-electron chi connectivity index (χ2n) is 3.97. The van der Waals surface area contributed by atoms with Gasteiger partial charge in [-0.15, -0.1) is 0 Å². The fraction of sp³-hybridized carbons (Fsp3) is 0.200. The highest BCUT2D eigenvalue weighted by Crippen LogP contribution is 2.26. The van der Waals surface area contributed by atoms with Gasteiger partial charge >= 0.3 is 0 Å². The van der Waals surface area contributed by atoms with Crippen molar-refractivity contribution in [2.24, 2.45) is 0 Å². The topological polar surface area (TPSA) is 44.2 Å². The summed E-state index contributed by atoms with van der Waals surface area (Å²) in [5.41, 5.74) is 1.80. The molecule has 0 fully saturated rings. The van der Waals surface area contributed by atoms with Crippen molar-refractivity contribution in [3.63, 3.8) is 0 Å².